The van der Waals surface area contributed by atoms with Gasteiger partial charge in [0.2, 0.25) is 0 Å². The topological polar surface area (TPSA) is 12.0 Å². The Hall–Kier alpha value is -1.12. The van der Waals surface area contributed by atoms with Crippen LogP contribution in [0, 0.1) is 5.92 Å². The molecular weight excluding hydrogens is 310 g/mol. The van der Waals surface area contributed by atoms with Crippen molar-refractivity contribution in [1.29, 1.82) is 0 Å². The van der Waals surface area contributed by atoms with Crippen LogP contribution in [0.1, 0.15) is 18.1 Å². The van der Waals surface area contributed by atoms with Gasteiger partial charge in [-0.2, -0.15) is 0 Å². The zero-order valence-corrected chi connectivity index (χ0v) is 13.6. The van der Waals surface area contributed by atoms with Crippen LogP contribution in [-0.2, 0) is 12.8 Å². The molecule has 1 atom stereocenters. The minimum atomic E-state index is 0.621. The second-order valence-electron chi connectivity index (χ2n) is 5.16. The Balaban J connectivity index is 2.05. The van der Waals surface area contributed by atoms with Crippen molar-refractivity contribution in [3.05, 3.63) is 70.2 Å². The van der Waals surface area contributed by atoms with Gasteiger partial charge in [0, 0.05) is 4.47 Å². The van der Waals surface area contributed by atoms with E-state index in [1.807, 2.05) is 0 Å². The van der Waals surface area contributed by atoms with E-state index in [1.54, 1.807) is 0 Å². The molecule has 0 saturated carbocycles. The van der Waals surface area contributed by atoms with Gasteiger partial charge < -0.3 is 5.32 Å². The summed E-state index contributed by atoms with van der Waals surface area (Å²) in [6.07, 6.45) is 2.22. The van der Waals surface area contributed by atoms with Gasteiger partial charge in [0.1, 0.15) is 0 Å². The predicted molar refractivity (Wildman–Crippen MR) is 90.0 cm³/mol. The summed E-state index contributed by atoms with van der Waals surface area (Å²) in [6.45, 7) is 4.26. The molecule has 0 aromatic heterocycles. The van der Waals surface area contributed by atoms with E-state index in [-0.39, 0.29) is 0 Å². The highest BCUT2D eigenvalue weighted by Gasteiger charge is 2.12. The van der Waals surface area contributed by atoms with Crippen LogP contribution in [0.3, 0.4) is 0 Å². The molecule has 20 heavy (non-hydrogen) atoms. The number of benzene rings is 2. The molecule has 0 radical (unpaired) electrons. The molecule has 0 aliphatic carbocycles. The number of hydrogen-bond acceptors (Lipinski definition) is 1. The van der Waals surface area contributed by atoms with Gasteiger partial charge in [0.15, 0.2) is 0 Å². The Bertz CT molecular complexity index is 510. The lowest BCUT2D eigenvalue weighted by atomic mass is 9.92. The fourth-order valence-electron chi connectivity index (χ4n) is 2.49. The van der Waals surface area contributed by atoms with Crippen molar-refractivity contribution in [2.75, 3.05) is 13.1 Å². The lowest BCUT2D eigenvalue weighted by molar-refractivity contribution is 0.477. The number of rotatable bonds is 7. The van der Waals surface area contributed by atoms with Gasteiger partial charge in [-0.15, -0.1) is 0 Å². The van der Waals surface area contributed by atoms with E-state index in [1.165, 1.54) is 15.6 Å². The van der Waals surface area contributed by atoms with Crippen LogP contribution in [-0.4, -0.2) is 13.1 Å². The summed E-state index contributed by atoms with van der Waals surface area (Å²) < 4.78 is 1.22. The van der Waals surface area contributed by atoms with Crippen molar-refractivity contribution in [1.82, 2.24) is 5.32 Å². The van der Waals surface area contributed by atoms with Gasteiger partial charge in [0.05, 0.1) is 0 Å². The molecule has 0 saturated heterocycles. The molecule has 2 aromatic rings. The van der Waals surface area contributed by atoms with Crippen LogP contribution in [0.2, 0.25) is 0 Å². The average Bonchev–Trinajstić information content (AvgIpc) is 2.48. The molecule has 106 valence electrons. The monoisotopic (exact) mass is 331 g/mol. The predicted octanol–water partition coefficient (Wildman–Crippen LogP) is 4.46. The summed E-state index contributed by atoms with van der Waals surface area (Å²) >= 11 is 3.66. The molecule has 1 nitrogen and oxygen atoms in total. The van der Waals surface area contributed by atoms with Gasteiger partial charge in [-0.3, -0.25) is 0 Å². The molecule has 1 unspecified atom stereocenters. The Morgan fingerprint density at radius 2 is 1.65 bits per heavy atom. The minimum absolute atomic E-state index is 0.621. The molecule has 0 amide bonds. The van der Waals surface area contributed by atoms with Crippen molar-refractivity contribution in [3.63, 3.8) is 0 Å². The smallest absolute Gasteiger partial charge is 0.0207 e. The summed E-state index contributed by atoms with van der Waals surface area (Å²) in [5.74, 6) is 0.621. The zero-order chi connectivity index (χ0) is 14.2. The fourth-order valence-corrected chi connectivity index (χ4v) is 2.93. The molecule has 2 aromatic carbocycles. The number of hydrogen-bond donors (Lipinski definition) is 1. The molecule has 0 aliphatic heterocycles. The largest absolute Gasteiger partial charge is 0.317 e. The lowest BCUT2D eigenvalue weighted by Gasteiger charge is -2.18. The second kappa shape index (κ2) is 8.23. The summed E-state index contributed by atoms with van der Waals surface area (Å²) in [7, 11) is 0. The van der Waals surface area contributed by atoms with Crippen LogP contribution in [0.25, 0.3) is 0 Å². The van der Waals surface area contributed by atoms with Crippen LogP contribution in [0.15, 0.2) is 59.1 Å². The number of nitrogens with one attached hydrogen (secondary N) is 1. The van der Waals surface area contributed by atoms with Gasteiger partial charge in [-0.25, -0.2) is 0 Å². The van der Waals surface area contributed by atoms with Gasteiger partial charge >= 0.3 is 0 Å². The molecule has 0 fully saturated rings. The Morgan fingerprint density at radius 1 is 0.950 bits per heavy atom. The van der Waals surface area contributed by atoms with E-state index >= 15 is 0 Å². The van der Waals surface area contributed by atoms with E-state index in [9.17, 15) is 0 Å². The third kappa shape index (κ3) is 4.77. The first kappa shape index (κ1) is 15.3. The van der Waals surface area contributed by atoms with E-state index in [2.05, 4.69) is 82.8 Å². The molecule has 0 aliphatic rings. The Morgan fingerprint density at radius 3 is 2.35 bits per heavy atom. The zero-order valence-electron chi connectivity index (χ0n) is 12.0. The van der Waals surface area contributed by atoms with Crippen molar-refractivity contribution in [2.24, 2.45) is 5.92 Å². The minimum Gasteiger partial charge on any atom is -0.317 e. The van der Waals surface area contributed by atoms with Crippen LogP contribution in [0.5, 0.6) is 0 Å². The summed E-state index contributed by atoms with van der Waals surface area (Å²) in [5.41, 5.74) is 2.81. The molecule has 0 heterocycles. The van der Waals surface area contributed by atoms with E-state index in [0.717, 1.165) is 25.9 Å². The summed E-state index contributed by atoms with van der Waals surface area (Å²) in [4.78, 5) is 0. The SMILES string of the molecule is CCNCC(Cc1ccccc1)Cc1ccccc1Br. The third-order valence-electron chi connectivity index (χ3n) is 3.52. The normalized spacial score (nSPS) is 12.3. The first-order valence-corrected chi connectivity index (χ1v) is 8.07. The quantitative estimate of drug-likeness (QED) is 0.789. The van der Waals surface area contributed by atoms with Crippen LogP contribution < -0.4 is 5.32 Å². The van der Waals surface area contributed by atoms with Gasteiger partial charge in [-0.05, 0) is 49.0 Å². The fraction of sp³-hybridized carbons (Fsp3) is 0.333. The molecule has 0 bridgehead atoms. The maximum absolute atomic E-state index is 3.66. The maximum Gasteiger partial charge on any atom is 0.0207 e. The Labute approximate surface area is 130 Å². The second-order valence-corrected chi connectivity index (χ2v) is 6.01. The summed E-state index contributed by atoms with van der Waals surface area (Å²) in [6, 6.07) is 19.3. The van der Waals surface area contributed by atoms with Crippen LogP contribution in [0.4, 0.5) is 0 Å². The van der Waals surface area contributed by atoms with Gasteiger partial charge in [-0.1, -0.05) is 71.4 Å². The molecule has 1 N–H and O–H groups in total. The van der Waals surface area contributed by atoms with Gasteiger partial charge in [0.25, 0.3) is 0 Å². The lowest BCUT2D eigenvalue weighted by Crippen LogP contribution is -2.25. The Kier molecular flexibility index (Phi) is 6.28. The highest BCUT2D eigenvalue weighted by atomic mass is 79.9. The van der Waals surface area contributed by atoms with Crippen molar-refractivity contribution in [2.45, 2.75) is 19.8 Å². The number of halogens is 1. The van der Waals surface area contributed by atoms with E-state index < -0.39 is 0 Å². The molecule has 2 rings (SSSR count). The van der Waals surface area contributed by atoms with Crippen molar-refractivity contribution >= 4 is 15.9 Å². The molecule has 2 heteroatoms. The first-order chi connectivity index (χ1) is 9.79. The van der Waals surface area contributed by atoms with E-state index in [0.29, 0.717) is 5.92 Å². The first-order valence-electron chi connectivity index (χ1n) is 7.27. The highest BCUT2D eigenvalue weighted by molar-refractivity contribution is 9.10. The van der Waals surface area contributed by atoms with Crippen molar-refractivity contribution < 1.29 is 0 Å². The summed E-state index contributed by atoms with van der Waals surface area (Å²) in [5, 5.41) is 3.49. The van der Waals surface area contributed by atoms with E-state index in [4.69, 9.17) is 0 Å². The standard InChI is InChI=1S/C18H22BrN/c1-2-20-14-16(12-15-8-4-3-5-9-15)13-17-10-6-7-11-18(17)19/h3-11,16,20H,2,12-14H2,1H3. The van der Waals surface area contributed by atoms with Crippen molar-refractivity contribution in [3.8, 4) is 0 Å². The molecular formula is C18H22BrN. The average molecular weight is 332 g/mol. The maximum atomic E-state index is 3.66. The molecule has 0 spiro atoms. The highest BCUT2D eigenvalue weighted by Crippen LogP contribution is 2.21. The van der Waals surface area contributed by atoms with Crippen LogP contribution >= 0.6 is 15.9 Å². The third-order valence-corrected chi connectivity index (χ3v) is 4.29.